The van der Waals surface area contributed by atoms with Gasteiger partial charge in [-0.2, -0.15) is 10.3 Å². The SMILES string of the molecule is NCC[C@H](O)c1cnc2n[nH]nc2c1. The second-order valence-electron chi connectivity index (χ2n) is 3.03. The monoisotopic (exact) mass is 193 g/mol. The highest BCUT2D eigenvalue weighted by Gasteiger charge is 2.09. The zero-order valence-corrected chi connectivity index (χ0v) is 7.51. The van der Waals surface area contributed by atoms with Crippen LogP contribution >= 0.6 is 0 Å². The number of hydrogen-bond donors (Lipinski definition) is 3. The minimum Gasteiger partial charge on any atom is -0.388 e. The molecule has 0 saturated heterocycles. The number of H-pyrrole nitrogens is 1. The lowest BCUT2D eigenvalue weighted by Gasteiger charge is -2.07. The summed E-state index contributed by atoms with van der Waals surface area (Å²) in [5.74, 6) is 0. The molecule has 14 heavy (non-hydrogen) atoms. The fourth-order valence-electron chi connectivity index (χ4n) is 1.26. The number of nitrogens with two attached hydrogens (primary N) is 1. The molecule has 6 nitrogen and oxygen atoms in total. The van der Waals surface area contributed by atoms with Crippen LogP contribution in [0.1, 0.15) is 18.1 Å². The number of rotatable bonds is 3. The van der Waals surface area contributed by atoms with E-state index < -0.39 is 6.10 Å². The van der Waals surface area contributed by atoms with Crippen LogP contribution in [0.2, 0.25) is 0 Å². The molecule has 0 amide bonds. The quantitative estimate of drug-likeness (QED) is 0.623. The summed E-state index contributed by atoms with van der Waals surface area (Å²) in [6.07, 6.45) is 1.53. The van der Waals surface area contributed by atoms with Crippen LogP contribution in [0.15, 0.2) is 12.3 Å². The maximum atomic E-state index is 9.64. The van der Waals surface area contributed by atoms with Gasteiger partial charge in [-0.15, -0.1) is 5.10 Å². The average molecular weight is 193 g/mol. The first-order valence-electron chi connectivity index (χ1n) is 4.36. The van der Waals surface area contributed by atoms with Crippen molar-refractivity contribution in [2.45, 2.75) is 12.5 Å². The second-order valence-corrected chi connectivity index (χ2v) is 3.03. The van der Waals surface area contributed by atoms with E-state index in [0.717, 1.165) is 5.56 Å². The predicted molar refractivity (Wildman–Crippen MR) is 50.3 cm³/mol. The number of nitrogens with zero attached hydrogens (tertiary/aromatic N) is 3. The standard InChI is InChI=1S/C8H11N5O/c9-2-1-7(14)5-3-6-8(10-4-5)12-13-11-6/h3-4,7,14H,1-2,9H2,(H,10,11,12,13)/t7-/m0/s1. The minimum atomic E-state index is -0.575. The minimum absolute atomic E-state index is 0.442. The fraction of sp³-hybridized carbons (Fsp3) is 0.375. The summed E-state index contributed by atoms with van der Waals surface area (Å²) in [5, 5.41) is 19.8. The molecular formula is C8H11N5O. The second kappa shape index (κ2) is 3.69. The topological polar surface area (TPSA) is 101 Å². The van der Waals surface area contributed by atoms with Gasteiger partial charge in [-0.05, 0) is 19.0 Å². The Kier molecular flexibility index (Phi) is 2.38. The van der Waals surface area contributed by atoms with Crippen molar-refractivity contribution in [3.05, 3.63) is 17.8 Å². The Morgan fingerprint density at radius 1 is 1.50 bits per heavy atom. The van der Waals surface area contributed by atoms with Crippen molar-refractivity contribution in [2.24, 2.45) is 5.73 Å². The van der Waals surface area contributed by atoms with Crippen LogP contribution in [0.4, 0.5) is 0 Å². The van der Waals surface area contributed by atoms with Crippen LogP contribution < -0.4 is 5.73 Å². The molecule has 2 aromatic rings. The van der Waals surface area contributed by atoms with E-state index in [2.05, 4.69) is 20.4 Å². The molecule has 0 aliphatic heterocycles. The van der Waals surface area contributed by atoms with Crippen LogP contribution in [-0.2, 0) is 0 Å². The highest BCUT2D eigenvalue weighted by Crippen LogP contribution is 2.17. The number of aliphatic hydroxyl groups is 1. The van der Waals surface area contributed by atoms with E-state index in [1.807, 2.05) is 0 Å². The average Bonchev–Trinajstić information content (AvgIpc) is 2.64. The molecule has 0 aliphatic carbocycles. The van der Waals surface area contributed by atoms with Gasteiger partial charge in [0.1, 0.15) is 5.52 Å². The molecule has 74 valence electrons. The molecule has 4 N–H and O–H groups in total. The van der Waals surface area contributed by atoms with E-state index in [4.69, 9.17) is 5.73 Å². The molecule has 2 heterocycles. The van der Waals surface area contributed by atoms with Gasteiger partial charge in [0.25, 0.3) is 0 Å². The molecule has 0 radical (unpaired) electrons. The van der Waals surface area contributed by atoms with Gasteiger partial charge in [0, 0.05) is 11.8 Å². The van der Waals surface area contributed by atoms with Crippen molar-refractivity contribution in [3.63, 3.8) is 0 Å². The van der Waals surface area contributed by atoms with Crippen LogP contribution in [0.3, 0.4) is 0 Å². The Morgan fingerprint density at radius 2 is 2.36 bits per heavy atom. The predicted octanol–water partition coefficient (Wildman–Crippen LogP) is -0.265. The lowest BCUT2D eigenvalue weighted by Crippen LogP contribution is -2.06. The summed E-state index contributed by atoms with van der Waals surface area (Å²) < 4.78 is 0. The Hall–Kier alpha value is -1.53. The molecule has 0 saturated carbocycles. The number of fused-ring (bicyclic) bond motifs is 1. The molecule has 0 bridgehead atoms. The Balaban J connectivity index is 2.33. The Morgan fingerprint density at radius 3 is 3.14 bits per heavy atom. The van der Waals surface area contributed by atoms with Gasteiger partial charge < -0.3 is 10.8 Å². The molecule has 0 fully saturated rings. The molecule has 0 unspecified atom stereocenters. The van der Waals surface area contributed by atoms with Crippen molar-refractivity contribution in [1.29, 1.82) is 0 Å². The summed E-state index contributed by atoms with van der Waals surface area (Å²) in [4.78, 5) is 4.04. The zero-order chi connectivity index (χ0) is 9.97. The number of aromatic amines is 1. The van der Waals surface area contributed by atoms with Gasteiger partial charge in [0.15, 0.2) is 0 Å². The third kappa shape index (κ3) is 1.57. The fourth-order valence-corrected chi connectivity index (χ4v) is 1.26. The molecule has 0 aromatic carbocycles. The van der Waals surface area contributed by atoms with Gasteiger partial charge >= 0.3 is 0 Å². The lowest BCUT2D eigenvalue weighted by atomic mass is 10.1. The van der Waals surface area contributed by atoms with Gasteiger partial charge in [0.05, 0.1) is 6.10 Å². The third-order valence-electron chi connectivity index (χ3n) is 2.02. The highest BCUT2D eigenvalue weighted by atomic mass is 16.3. The van der Waals surface area contributed by atoms with E-state index in [9.17, 15) is 5.11 Å². The normalized spacial score (nSPS) is 13.3. The van der Waals surface area contributed by atoms with Crippen LogP contribution in [0.25, 0.3) is 11.2 Å². The van der Waals surface area contributed by atoms with Gasteiger partial charge in [0.2, 0.25) is 5.65 Å². The van der Waals surface area contributed by atoms with Crippen molar-refractivity contribution < 1.29 is 5.11 Å². The molecule has 0 aliphatic rings. The van der Waals surface area contributed by atoms with Crippen molar-refractivity contribution in [3.8, 4) is 0 Å². The molecule has 1 atom stereocenters. The summed E-state index contributed by atoms with van der Waals surface area (Å²) in [6.45, 7) is 0.442. The van der Waals surface area contributed by atoms with Gasteiger partial charge in [-0.1, -0.05) is 0 Å². The largest absolute Gasteiger partial charge is 0.388 e. The molecule has 2 aromatic heterocycles. The van der Waals surface area contributed by atoms with Crippen LogP contribution in [0, 0.1) is 0 Å². The number of nitrogens with one attached hydrogen (secondary N) is 1. The van der Waals surface area contributed by atoms with E-state index in [-0.39, 0.29) is 0 Å². The number of aromatic nitrogens is 4. The summed E-state index contributed by atoms with van der Waals surface area (Å²) >= 11 is 0. The molecule has 6 heteroatoms. The van der Waals surface area contributed by atoms with Crippen LogP contribution in [-0.4, -0.2) is 32.0 Å². The first-order chi connectivity index (χ1) is 6.81. The molecular weight excluding hydrogens is 182 g/mol. The summed E-state index contributed by atoms with van der Waals surface area (Å²) in [6, 6.07) is 1.76. The van der Waals surface area contributed by atoms with E-state index in [1.54, 1.807) is 12.3 Å². The lowest BCUT2D eigenvalue weighted by molar-refractivity contribution is 0.170. The first-order valence-corrected chi connectivity index (χ1v) is 4.36. The van der Waals surface area contributed by atoms with E-state index in [1.165, 1.54) is 0 Å². The van der Waals surface area contributed by atoms with E-state index in [0.29, 0.717) is 24.1 Å². The molecule has 0 spiro atoms. The summed E-state index contributed by atoms with van der Waals surface area (Å²) in [7, 11) is 0. The number of pyridine rings is 1. The van der Waals surface area contributed by atoms with Crippen molar-refractivity contribution >= 4 is 11.2 Å². The zero-order valence-electron chi connectivity index (χ0n) is 7.51. The van der Waals surface area contributed by atoms with Gasteiger partial charge in [-0.25, -0.2) is 4.98 Å². The number of hydrogen-bond acceptors (Lipinski definition) is 5. The first kappa shape index (κ1) is 9.04. The van der Waals surface area contributed by atoms with Crippen molar-refractivity contribution in [2.75, 3.05) is 6.54 Å². The van der Waals surface area contributed by atoms with Crippen molar-refractivity contribution in [1.82, 2.24) is 20.4 Å². The number of aliphatic hydroxyl groups excluding tert-OH is 1. The summed E-state index contributed by atoms with van der Waals surface area (Å²) in [5.41, 5.74) is 7.27. The smallest absolute Gasteiger partial charge is 0.201 e. The molecule has 2 rings (SSSR count). The Bertz CT molecular complexity index is 426. The van der Waals surface area contributed by atoms with Crippen LogP contribution in [0.5, 0.6) is 0 Å². The maximum Gasteiger partial charge on any atom is 0.201 e. The Labute approximate surface area is 80.1 Å². The maximum absolute atomic E-state index is 9.64. The van der Waals surface area contributed by atoms with Gasteiger partial charge in [-0.3, -0.25) is 0 Å². The highest BCUT2D eigenvalue weighted by molar-refractivity contribution is 5.69. The van der Waals surface area contributed by atoms with E-state index >= 15 is 0 Å². The third-order valence-corrected chi connectivity index (χ3v) is 2.02.